The maximum atomic E-state index is 12.7. The molecule has 1 fully saturated rings. The first-order valence-electron chi connectivity index (χ1n) is 6.43. The van der Waals surface area contributed by atoms with Crippen LogP contribution in [0.25, 0.3) is 0 Å². The molecule has 1 aliphatic rings. The van der Waals surface area contributed by atoms with E-state index in [1.807, 2.05) is 0 Å². The molecule has 1 aliphatic carbocycles. The number of nitrogens with one attached hydrogen (secondary N) is 1. The molecular weight excluding hydrogens is 239 g/mol. The molecule has 2 rings (SSSR count). The molecule has 0 aliphatic heterocycles. The minimum absolute atomic E-state index is 0.298. The average Bonchev–Trinajstić information content (AvgIpc) is 2.81. The minimum atomic E-state index is -4.26. The van der Waals surface area contributed by atoms with Crippen LogP contribution in [0.15, 0.2) is 24.3 Å². The van der Waals surface area contributed by atoms with Crippen LogP contribution in [0.1, 0.15) is 36.8 Å². The minimum Gasteiger partial charge on any atom is -0.312 e. The third-order valence-corrected chi connectivity index (χ3v) is 3.55. The molecule has 0 aromatic heterocycles. The number of halogens is 3. The van der Waals surface area contributed by atoms with E-state index in [9.17, 15) is 13.2 Å². The highest BCUT2D eigenvalue weighted by atomic mass is 19.4. The van der Waals surface area contributed by atoms with Crippen LogP contribution >= 0.6 is 0 Å². The van der Waals surface area contributed by atoms with Crippen LogP contribution in [-0.4, -0.2) is 6.54 Å². The van der Waals surface area contributed by atoms with Gasteiger partial charge in [-0.15, -0.1) is 0 Å². The van der Waals surface area contributed by atoms with Crippen molar-refractivity contribution in [2.45, 2.75) is 38.4 Å². The zero-order chi connectivity index (χ0) is 13.0. The smallest absolute Gasteiger partial charge is 0.312 e. The summed E-state index contributed by atoms with van der Waals surface area (Å²) in [5.74, 6) is 0.642. The van der Waals surface area contributed by atoms with Crippen molar-refractivity contribution < 1.29 is 13.2 Å². The molecule has 0 bridgehead atoms. The number of hydrogen-bond donors (Lipinski definition) is 1. The van der Waals surface area contributed by atoms with E-state index in [-0.39, 0.29) is 0 Å². The first-order valence-corrected chi connectivity index (χ1v) is 6.43. The van der Waals surface area contributed by atoms with Gasteiger partial charge in [0.05, 0.1) is 5.56 Å². The largest absolute Gasteiger partial charge is 0.416 e. The Morgan fingerprint density at radius 2 is 1.78 bits per heavy atom. The Kier molecular flexibility index (Phi) is 4.27. The molecule has 1 N–H and O–H groups in total. The van der Waals surface area contributed by atoms with E-state index in [1.165, 1.54) is 31.7 Å². The lowest BCUT2D eigenvalue weighted by atomic mass is 10.1. The van der Waals surface area contributed by atoms with Gasteiger partial charge in [0.1, 0.15) is 0 Å². The highest BCUT2D eigenvalue weighted by molar-refractivity contribution is 5.29. The summed E-state index contributed by atoms with van der Waals surface area (Å²) in [4.78, 5) is 0. The third kappa shape index (κ3) is 3.48. The molecule has 4 heteroatoms. The van der Waals surface area contributed by atoms with Gasteiger partial charge < -0.3 is 5.32 Å². The molecule has 0 atom stereocenters. The summed E-state index contributed by atoms with van der Waals surface area (Å²) < 4.78 is 38.2. The molecule has 1 aromatic rings. The molecule has 100 valence electrons. The van der Waals surface area contributed by atoms with E-state index in [4.69, 9.17) is 0 Å². The molecule has 1 saturated carbocycles. The van der Waals surface area contributed by atoms with Gasteiger partial charge >= 0.3 is 6.18 Å². The Hall–Kier alpha value is -1.03. The molecule has 0 heterocycles. The number of benzene rings is 1. The van der Waals surface area contributed by atoms with Gasteiger partial charge in [0.25, 0.3) is 0 Å². The van der Waals surface area contributed by atoms with Gasteiger partial charge in [-0.2, -0.15) is 13.2 Å². The number of hydrogen-bond acceptors (Lipinski definition) is 1. The number of alkyl halides is 3. The second-order valence-electron chi connectivity index (χ2n) is 4.94. The van der Waals surface area contributed by atoms with Crippen LogP contribution in [0, 0.1) is 5.92 Å². The van der Waals surface area contributed by atoms with Gasteiger partial charge in [-0.3, -0.25) is 0 Å². The van der Waals surface area contributed by atoms with Gasteiger partial charge in [0, 0.05) is 6.54 Å². The standard InChI is InChI=1S/C14H18F3N/c15-14(16,17)13-8-4-3-7-12(13)10-18-9-11-5-1-2-6-11/h3-4,7-8,11,18H,1-2,5-6,9-10H2. The summed E-state index contributed by atoms with van der Waals surface area (Å²) in [7, 11) is 0. The van der Waals surface area contributed by atoms with E-state index >= 15 is 0 Å². The van der Waals surface area contributed by atoms with Crippen molar-refractivity contribution in [2.75, 3.05) is 6.54 Å². The van der Waals surface area contributed by atoms with Crippen molar-refractivity contribution in [1.82, 2.24) is 5.32 Å². The van der Waals surface area contributed by atoms with E-state index < -0.39 is 11.7 Å². The van der Waals surface area contributed by atoms with E-state index in [2.05, 4.69) is 5.32 Å². The molecule has 0 spiro atoms. The fourth-order valence-electron chi connectivity index (χ4n) is 2.58. The zero-order valence-corrected chi connectivity index (χ0v) is 10.3. The van der Waals surface area contributed by atoms with Crippen LogP contribution in [0.5, 0.6) is 0 Å². The summed E-state index contributed by atoms with van der Waals surface area (Å²) >= 11 is 0. The summed E-state index contributed by atoms with van der Waals surface area (Å²) in [6.07, 6.45) is 0.657. The van der Waals surface area contributed by atoms with Crippen molar-refractivity contribution in [1.29, 1.82) is 0 Å². The highest BCUT2D eigenvalue weighted by Gasteiger charge is 2.32. The molecule has 0 amide bonds. The fraction of sp³-hybridized carbons (Fsp3) is 0.571. The lowest BCUT2D eigenvalue weighted by Crippen LogP contribution is -2.22. The predicted molar refractivity (Wildman–Crippen MR) is 65.1 cm³/mol. The molecule has 0 unspecified atom stereocenters. The lowest BCUT2D eigenvalue weighted by Gasteiger charge is -2.15. The second-order valence-corrected chi connectivity index (χ2v) is 4.94. The highest BCUT2D eigenvalue weighted by Crippen LogP contribution is 2.31. The predicted octanol–water partition coefficient (Wildman–Crippen LogP) is 3.99. The Morgan fingerprint density at radius 3 is 2.44 bits per heavy atom. The van der Waals surface area contributed by atoms with Gasteiger partial charge in [-0.1, -0.05) is 31.0 Å². The normalized spacial score (nSPS) is 17.3. The maximum Gasteiger partial charge on any atom is 0.416 e. The first-order chi connectivity index (χ1) is 8.57. The second kappa shape index (κ2) is 5.74. The van der Waals surface area contributed by atoms with Crippen molar-refractivity contribution in [3.8, 4) is 0 Å². The van der Waals surface area contributed by atoms with Crippen LogP contribution in [0.2, 0.25) is 0 Å². The summed E-state index contributed by atoms with van der Waals surface area (Å²) in [5.41, 5.74) is -0.188. The molecule has 0 radical (unpaired) electrons. The maximum absolute atomic E-state index is 12.7. The van der Waals surface area contributed by atoms with Crippen molar-refractivity contribution in [3.63, 3.8) is 0 Å². The van der Waals surface area contributed by atoms with Gasteiger partial charge in [-0.05, 0) is 36.9 Å². The average molecular weight is 257 g/mol. The topological polar surface area (TPSA) is 12.0 Å². The van der Waals surface area contributed by atoms with Crippen LogP contribution in [0.4, 0.5) is 13.2 Å². The summed E-state index contributed by atoms with van der Waals surface area (Å²) in [6.45, 7) is 1.12. The molecular formula is C14H18F3N. The summed E-state index contributed by atoms with van der Waals surface area (Å²) in [5, 5.41) is 3.16. The molecule has 0 saturated heterocycles. The zero-order valence-electron chi connectivity index (χ0n) is 10.3. The quantitative estimate of drug-likeness (QED) is 0.860. The molecule has 1 aromatic carbocycles. The van der Waals surface area contributed by atoms with Gasteiger partial charge in [-0.25, -0.2) is 0 Å². The SMILES string of the molecule is FC(F)(F)c1ccccc1CNCC1CCCC1. The lowest BCUT2D eigenvalue weighted by molar-refractivity contribution is -0.138. The van der Waals surface area contributed by atoms with E-state index in [0.29, 0.717) is 18.0 Å². The van der Waals surface area contributed by atoms with Crippen molar-refractivity contribution in [2.24, 2.45) is 5.92 Å². The Labute approximate surface area is 105 Å². The Morgan fingerprint density at radius 1 is 1.11 bits per heavy atom. The van der Waals surface area contributed by atoms with Crippen molar-refractivity contribution >= 4 is 0 Å². The first kappa shape index (κ1) is 13.4. The fourth-order valence-corrected chi connectivity index (χ4v) is 2.58. The van der Waals surface area contributed by atoms with Gasteiger partial charge in [0.15, 0.2) is 0 Å². The Balaban J connectivity index is 1.92. The number of rotatable bonds is 4. The van der Waals surface area contributed by atoms with Crippen LogP contribution in [0.3, 0.4) is 0 Å². The van der Waals surface area contributed by atoms with Gasteiger partial charge in [0.2, 0.25) is 0 Å². The van der Waals surface area contributed by atoms with E-state index in [0.717, 1.165) is 12.6 Å². The third-order valence-electron chi connectivity index (χ3n) is 3.55. The Bertz CT molecular complexity index is 381. The molecule has 18 heavy (non-hydrogen) atoms. The van der Waals surface area contributed by atoms with E-state index in [1.54, 1.807) is 12.1 Å². The van der Waals surface area contributed by atoms with Crippen LogP contribution in [-0.2, 0) is 12.7 Å². The summed E-state index contributed by atoms with van der Waals surface area (Å²) in [6, 6.07) is 5.78. The molecule has 1 nitrogen and oxygen atoms in total. The van der Waals surface area contributed by atoms with Crippen molar-refractivity contribution in [3.05, 3.63) is 35.4 Å². The van der Waals surface area contributed by atoms with Crippen LogP contribution < -0.4 is 5.32 Å². The monoisotopic (exact) mass is 257 g/mol.